The molecule has 0 heterocycles. The number of hydrogen-bond acceptors (Lipinski definition) is 6. The van der Waals surface area contributed by atoms with Gasteiger partial charge >= 0.3 is 5.97 Å². The molecule has 0 aliphatic rings. The van der Waals surface area contributed by atoms with Crippen LogP contribution < -0.4 is 0 Å². The number of ether oxygens (including phenoxy) is 2. The number of aliphatic hydroxyl groups excluding tert-OH is 2. The molecule has 0 bridgehead atoms. The van der Waals surface area contributed by atoms with Crippen molar-refractivity contribution in [3.05, 3.63) is 12.3 Å². The summed E-state index contributed by atoms with van der Waals surface area (Å²) in [5, 5.41) is 20.4. The van der Waals surface area contributed by atoms with Crippen molar-refractivity contribution < 1.29 is 24.5 Å². The van der Waals surface area contributed by atoms with Gasteiger partial charge in [-0.1, -0.05) is 176 Å². The number of nitrogens with zero attached hydrogens (tertiary/aromatic N) is 1. The molecule has 0 aromatic rings. The Morgan fingerprint density at radius 1 is 0.509 bits per heavy atom. The largest absolute Gasteiger partial charge is 0.498 e. The average molecular weight is 752 g/mol. The molecule has 0 fully saturated rings. The number of esters is 1. The van der Waals surface area contributed by atoms with E-state index in [1.165, 1.54) is 128 Å². The highest BCUT2D eigenvalue weighted by Gasteiger charge is 2.19. The fourth-order valence-corrected chi connectivity index (χ4v) is 7.53. The molecule has 6 nitrogen and oxygen atoms in total. The molecule has 3 unspecified atom stereocenters. The molecule has 53 heavy (non-hydrogen) atoms. The van der Waals surface area contributed by atoms with Crippen LogP contribution in [0.2, 0.25) is 0 Å². The maximum atomic E-state index is 12.9. The van der Waals surface area contributed by atoms with Gasteiger partial charge in [0.25, 0.3) is 0 Å². The minimum absolute atomic E-state index is 0.0279. The molecule has 0 aliphatic heterocycles. The van der Waals surface area contributed by atoms with E-state index >= 15 is 0 Å². The summed E-state index contributed by atoms with van der Waals surface area (Å²) in [5.41, 5.74) is 0. The lowest BCUT2D eigenvalue weighted by molar-refractivity contribution is -0.149. The molecule has 0 aliphatic carbocycles. The van der Waals surface area contributed by atoms with E-state index in [4.69, 9.17) is 9.47 Å². The topological polar surface area (TPSA) is 79.2 Å². The van der Waals surface area contributed by atoms with Crippen molar-refractivity contribution >= 4 is 5.97 Å². The van der Waals surface area contributed by atoms with Crippen LogP contribution in [0, 0.1) is 11.8 Å². The monoisotopic (exact) mass is 752 g/mol. The second kappa shape index (κ2) is 40.6. The number of aliphatic hydroxyl groups is 2. The molecule has 2 N–H and O–H groups in total. The van der Waals surface area contributed by atoms with Gasteiger partial charge in [-0.3, -0.25) is 9.69 Å². The Kier molecular flexibility index (Phi) is 39.7. The van der Waals surface area contributed by atoms with Crippen LogP contribution in [0.4, 0.5) is 0 Å². The van der Waals surface area contributed by atoms with Crippen LogP contribution >= 0.6 is 0 Å². The van der Waals surface area contributed by atoms with Gasteiger partial charge in [-0.15, -0.1) is 0 Å². The fourth-order valence-electron chi connectivity index (χ4n) is 7.53. The molecule has 0 aromatic carbocycles. The van der Waals surface area contributed by atoms with Crippen molar-refractivity contribution in [3.63, 3.8) is 0 Å². The summed E-state index contributed by atoms with van der Waals surface area (Å²) >= 11 is 0. The molecule has 0 amide bonds. The van der Waals surface area contributed by atoms with E-state index < -0.39 is 6.10 Å². The molecule has 0 aromatic heterocycles. The summed E-state index contributed by atoms with van der Waals surface area (Å²) in [7, 11) is 0. The van der Waals surface area contributed by atoms with E-state index in [1.807, 2.05) is 0 Å². The number of rotatable bonds is 43. The van der Waals surface area contributed by atoms with Gasteiger partial charge in [-0.2, -0.15) is 0 Å². The number of carbonyl (C=O) groups excluding carboxylic acids is 1. The molecule has 6 heteroatoms. The Balaban J connectivity index is 4.32. The Labute approximate surface area is 331 Å². The van der Waals surface area contributed by atoms with Crippen molar-refractivity contribution in [2.45, 2.75) is 233 Å². The number of carbonyl (C=O) groups is 1. The van der Waals surface area contributed by atoms with Crippen molar-refractivity contribution in [1.82, 2.24) is 4.90 Å². The summed E-state index contributed by atoms with van der Waals surface area (Å²) < 4.78 is 12.0. The minimum atomic E-state index is -0.394. The molecule has 0 spiro atoms. The zero-order valence-corrected chi connectivity index (χ0v) is 36.2. The maximum absolute atomic E-state index is 12.9. The van der Waals surface area contributed by atoms with Gasteiger partial charge in [0.15, 0.2) is 0 Å². The van der Waals surface area contributed by atoms with Gasteiger partial charge in [0.2, 0.25) is 0 Å². The van der Waals surface area contributed by atoms with Crippen LogP contribution in [0.25, 0.3) is 0 Å². The number of hydrogen-bond donors (Lipinski definition) is 2. The normalized spacial score (nSPS) is 13.3. The summed E-state index contributed by atoms with van der Waals surface area (Å²) in [5.74, 6) is 1.55. The third-order valence-electron chi connectivity index (χ3n) is 11.1. The number of allylic oxidation sites excluding steroid dienone is 1. The predicted octanol–water partition coefficient (Wildman–Crippen LogP) is 13.1. The second-order valence-corrected chi connectivity index (χ2v) is 16.3. The summed E-state index contributed by atoms with van der Waals surface area (Å²) in [4.78, 5) is 15.1. The average Bonchev–Trinajstić information content (AvgIpc) is 3.15. The molecule has 0 radical (unpaired) electrons. The first-order chi connectivity index (χ1) is 25.9. The third kappa shape index (κ3) is 33.9. The van der Waals surface area contributed by atoms with E-state index in [-0.39, 0.29) is 18.5 Å². The number of unbranched alkanes of at least 4 members (excludes halogenated alkanes) is 20. The molecule has 316 valence electrons. The van der Waals surface area contributed by atoms with Gasteiger partial charge in [0.1, 0.15) is 0 Å². The van der Waals surface area contributed by atoms with E-state index in [9.17, 15) is 15.0 Å². The van der Waals surface area contributed by atoms with Crippen LogP contribution in [0.5, 0.6) is 0 Å². The molecular formula is C47H93NO5. The van der Waals surface area contributed by atoms with Crippen LogP contribution in [-0.4, -0.2) is 66.6 Å². The Bertz CT molecular complexity index is 776. The Morgan fingerprint density at radius 3 is 1.43 bits per heavy atom. The predicted molar refractivity (Wildman–Crippen MR) is 228 cm³/mol. The summed E-state index contributed by atoms with van der Waals surface area (Å²) in [6.07, 6.45) is 36.0. The smallest absolute Gasteiger partial charge is 0.308 e. The summed E-state index contributed by atoms with van der Waals surface area (Å²) in [6.45, 7) is 16.7. The molecule has 0 saturated heterocycles. The minimum Gasteiger partial charge on any atom is -0.498 e. The highest BCUT2D eigenvalue weighted by Crippen LogP contribution is 2.26. The second-order valence-electron chi connectivity index (χ2n) is 16.3. The Morgan fingerprint density at radius 2 is 0.906 bits per heavy atom. The SMILES string of the molecule is C=C(OCCCCC(O)CN(CCO)CCCCCCOC(=O)C(CCCCCC)CCCCCCCC)C(CCCCCC)CCCCCCCC. The van der Waals surface area contributed by atoms with Crippen LogP contribution in [-0.2, 0) is 14.3 Å². The van der Waals surface area contributed by atoms with Crippen molar-refractivity contribution in [1.29, 1.82) is 0 Å². The van der Waals surface area contributed by atoms with Crippen LogP contribution in [0.1, 0.15) is 227 Å². The standard InChI is InChI=1S/C47H93NO5/c1-6-10-14-18-20-26-33-44(32-24-16-12-8-3)43(5)52-40-31-28-36-46(50)42-48(38-39-49)37-29-22-23-30-41-53-47(51)45(34-25-17-13-9-4)35-27-21-19-15-11-7-2/h44-46,49-50H,5-42H2,1-4H3. The zero-order chi connectivity index (χ0) is 39.0. The molecule has 0 rings (SSSR count). The van der Waals surface area contributed by atoms with Gasteiger partial charge in [-0.05, 0) is 64.3 Å². The fraction of sp³-hybridized carbons (Fsp3) is 0.936. The van der Waals surface area contributed by atoms with Crippen molar-refractivity contribution in [2.24, 2.45) is 11.8 Å². The highest BCUT2D eigenvalue weighted by molar-refractivity contribution is 5.72. The highest BCUT2D eigenvalue weighted by atomic mass is 16.5. The third-order valence-corrected chi connectivity index (χ3v) is 11.1. The van der Waals surface area contributed by atoms with Crippen molar-refractivity contribution in [2.75, 3.05) is 39.5 Å². The van der Waals surface area contributed by atoms with Gasteiger partial charge in [0, 0.05) is 19.0 Å². The zero-order valence-electron chi connectivity index (χ0n) is 36.2. The van der Waals surface area contributed by atoms with Crippen LogP contribution in [0.15, 0.2) is 12.3 Å². The molecule has 0 saturated carbocycles. The summed E-state index contributed by atoms with van der Waals surface area (Å²) in [6, 6.07) is 0. The van der Waals surface area contributed by atoms with E-state index in [2.05, 4.69) is 39.2 Å². The van der Waals surface area contributed by atoms with Gasteiger partial charge in [-0.25, -0.2) is 0 Å². The van der Waals surface area contributed by atoms with E-state index in [1.54, 1.807) is 0 Å². The lowest BCUT2D eigenvalue weighted by Crippen LogP contribution is -2.35. The van der Waals surface area contributed by atoms with Gasteiger partial charge < -0.3 is 19.7 Å². The molecule has 3 atom stereocenters. The molecular weight excluding hydrogens is 659 g/mol. The first-order valence-corrected chi connectivity index (χ1v) is 23.4. The lowest BCUT2D eigenvalue weighted by atomic mass is 9.93. The van der Waals surface area contributed by atoms with E-state index in [0.29, 0.717) is 32.2 Å². The first kappa shape index (κ1) is 51.9. The lowest BCUT2D eigenvalue weighted by Gasteiger charge is -2.24. The van der Waals surface area contributed by atoms with Crippen LogP contribution in [0.3, 0.4) is 0 Å². The Hall–Kier alpha value is -1.11. The van der Waals surface area contributed by atoms with Crippen molar-refractivity contribution in [3.8, 4) is 0 Å². The van der Waals surface area contributed by atoms with E-state index in [0.717, 1.165) is 82.9 Å². The van der Waals surface area contributed by atoms with Gasteiger partial charge in [0.05, 0.1) is 37.6 Å². The first-order valence-electron chi connectivity index (χ1n) is 23.4. The quantitative estimate of drug-likeness (QED) is 0.0367. The maximum Gasteiger partial charge on any atom is 0.308 e.